The van der Waals surface area contributed by atoms with Crippen molar-refractivity contribution in [1.82, 2.24) is 0 Å². The third-order valence-corrected chi connectivity index (χ3v) is 2.32. The van der Waals surface area contributed by atoms with Gasteiger partial charge in [0.05, 0.1) is 4.92 Å². The highest BCUT2D eigenvalue weighted by Gasteiger charge is 2.20. The SMILES string of the molecule is C/C=C/C(=O)O[C@@H](C)C(=O)Nc1ccccc1[N+](=O)[O-]. The number of nitro benzene ring substituents is 1. The van der Waals surface area contributed by atoms with Crippen molar-refractivity contribution in [2.75, 3.05) is 5.32 Å². The van der Waals surface area contributed by atoms with Crippen molar-refractivity contribution in [2.24, 2.45) is 0 Å². The van der Waals surface area contributed by atoms with Crippen molar-refractivity contribution in [1.29, 1.82) is 0 Å². The number of para-hydroxylation sites is 2. The fourth-order valence-corrected chi connectivity index (χ4v) is 1.38. The number of hydrogen-bond donors (Lipinski definition) is 1. The predicted octanol–water partition coefficient (Wildman–Crippen LogP) is 2.04. The largest absolute Gasteiger partial charge is 0.449 e. The van der Waals surface area contributed by atoms with E-state index in [0.717, 1.165) is 0 Å². The second kappa shape index (κ2) is 7.03. The zero-order chi connectivity index (χ0) is 15.1. The maximum Gasteiger partial charge on any atom is 0.331 e. The lowest BCUT2D eigenvalue weighted by molar-refractivity contribution is -0.383. The Bertz CT molecular complexity index is 553. The van der Waals surface area contributed by atoms with E-state index in [1.165, 1.54) is 37.3 Å². The molecule has 7 heteroatoms. The van der Waals surface area contributed by atoms with Crippen molar-refractivity contribution in [3.8, 4) is 0 Å². The highest BCUT2D eigenvalue weighted by atomic mass is 16.6. The monoisotopic (exact) mass is 278 g/mol. The summed E-state index contributed by atoms with van der Waals surface area (Å²) in [6, 6.07) is 5.71. The number of benzene rings is 1. The molecular formula is C13H14N2O5. The van der Waals surface area contributed by atoms with Gasteiger partial charge < -0.3 is 10.1 Å². The van der Waals surface area contributed by atoms with Crippen LogP contribution in [0, 0.1) is 10.1 Å². The highest BCUT2D eigenvalue weighted by Crippen LogP contribution is 2.23. The number of ether oxygens (including phenoxy) is 1. The smallest absolute Gasteiger partial charge is 0.331 e. The Balaban J connectivity index is 2.76. The molecule has 0 bridgehead atoms. The van der Waals surface area contributed by atoms with Crippen molar-refractivity contribution < 1.29 is 19.2 Å². The Kier molecular flexibility index (Phi) is 5.40. The summed E-state index contributed by atoms with van der Waals surface area (Å²) in [7, 11) is 0. The van der Waals surface area contributed by atoms with Crippen LogP contribution in [0.5, 0.6) is 0 Å². The van der Waals surface area contributed by atoms with Crippen LogP contribution in [0.25, 0.3) is 0 Å². The van der Waals surface area contributed by atoms with E-state index in [0.29, 0.717) is 0 Å². The maximum atomic E-state index is 11.8. The molecule has 0 aliphatic carbocycles. The summed E-state index contributed by atoms with van der Waals surface area (Å²) in [6.45, 7) is 3.02. The van der Waals surface area contributed by atoms with Crippen LogP contribution in [0.2, 0.25) is 0 Å². The number of amides is 1. The molecule has 106 valence electrons. The van der Waals surface area contributed by atoms with Gasteiger partial charge in [0, 0.05) is 12.1 Å². The summed E-state index contributed by atoms with van der Waals surface area (Å²) in [5.41, 5.74) is -0.177. The third-order valence-electron chi connectivity index (χ3n) is 2.32. The molecule has 20 heavy (non-hydrogen) atoms. The number of esters is 1. The van der Waals surface area contributed by atoms with Gasteiger partial charge in [-0.2, -0.15) is 0 Å². The normalized spacial score (nSPS) is 11.9. The molecule has 0 aliphatic heterocycles. The van der Waals surface area contributed by atoms with Crippen LogP contribution in [0.3, 0.4) is 0 Å². The van der Waals surface area contributed by atoms with E-state index >= 15 is 0 Å². The molecule has 0 fully saturated rings. The highest BCUT2D eigenvalue weighted by molar-refractivity contribution is 5.97. The molecule has 0 unspecified atom stereocenters. The number of nitro groups is 1. The number of carbonyl (C=O) groups excluding carboxylic acids is 2. The molecule has 1 N–H and O–H groups in total. The standard InChI is InChI=1S/C13H14N2O5/c1-3-6-12(16)20-9(2)13(17)14-10-7-4-5-8-11(10)15(18)19/h3-9H,1-2H3,(H,14,17)/b6-3+/t9-/m0/s1. The zero-order valence-corrected chi connectivity index (χ0v) is 11.0. The molecule has 1 aromatic carbocycles. The summed E-state index contributed by atoms with van der Waals surface area (Å²) in [5.74, 6) is -1.30. The Morgan fingerprint density at radius 3 is 2.65 bits per heavy atom. The Hall–Kier alpha value is -2.70. The summed E-state index contributed by atoms with van der Waals surface area (Å²) in [5, 5.41) is 13.2. The Morgan fingerprint density at radius 1 is 1.40 bits per heavy atom. The molecule has 0 aliphatic rings. The van der Waals surface area contributed by atoms with E-state index in [1.807, 2.05) is 0 Å². The molecule has 1 aromatic rings. The van der Waals surface area contributed by atoms with Gasteiger partial charge in [-0.1, -0.05) is 18.2 Å². The lowest BCUT2D eigenvalue weighted by atomic mass is 10.2. The number of nitrogens with zero attached hydrogens (tertiary/aromatic N) is 1. The quantitative estimate of drug-likeness (QED) is 0.384. The summed E-state index contributed by atoms with van der Waals surface area (Å²) >= 11 is 0. The predicted molar refractivity (Wildman–Crippen MR) is 72.1 cm³/mol. The second-order valence-electron chi connectivity index (χ2n) is 3.84. The van der Waals surface area contributed by atoms with Crippen LogP contribution in [-0.2, 0) is 14.3 Å². The first kappa shape index (κ1) is 15.4. The van der Waals surface area contributed by atoms with E-state index in [1.54, 1.807) is 13.0 Å². The molecule has 1 atom stereocenters. The third kappa shape index (κ3) is 4.20. The van der Waals surface area contributed by atoms with Gasteiger partial charge in [0.2, 0.25) is 0 Å². The van der Waals surface area contributed by atoms with E-state index in [4.69, 9.17) is 4.74 Å². The topological polar surface area (TPSA) is 98.5 Å². The molecule has 0 saturated heterocycles. The van der Waals surface area contributed by atoms with Gasteiger partial charge in [-0.15, -0.1) is 0 Å². The number of carbonyl (C=O) groups is 2. The van der Waals surface area contributed by atoms with Gasteiger partial charge in [-0.3, -0.25) is 14.9 Å². The summed E-state index contributed by atoms with van der Waals surface area (Å²) in [6.07, 6.45) is 1.60. The van der Waals surface area contributed by atoms with Crippen LogP contribution in [-0.4, -0.2) is 22.9 Å². The van der Waals surface area contributed by atoms with E-state index in [-0.39, 0.29) is 11.4 Å². The van der Waals surface area contributed by atoms with Crippen LogP contribution < -0.4 is 5.32 Å². The van der Waals surface area contributed by atoms with Crippen LogP contribution in [0.15, 0.2) is 36.4 Å². The second-order valence-corrected chi connectivity index (χ2v) is 3.84. The summed E-state index contributed by atoms with van der Waals surface area (Å²) < 4.78 is 4.82. The number of hydrogen-bond acceptors (Lipinski definition) is 5. The fourth-order valence-electron chi connectivity index (χ4n) is 1.38. The molecule has 0 heterocycles. The molecule has 1 rings (SSSR count). The first-order valence-electron chi connectivity index (χ1n) is 5.83. The van der Waals surface area contributed by atoms with Crippen molar-refractivity contribution in [3.63, 3.8) is 0 Å². The van der Waals surface area contributed by atoms with Gasteiger partial charge in [0.1, 0.15) is 5.69 Å². The molecule has 0 radical (unpaired) electrons. The lowest BCUT2D eigenvalue weighted by Gasteiger charge is -2.12. The van der Waals surface area contributed by atoms with Crippen molar-refractivity contribution in [2.45, 2.75) is 20.0 Å². The lowest BCUT2D eigenvalue weighted by Crippen LogP contribution is -2.29. The van der Waals surface area contributed by atoms with E-state index in [2.05, 4.69) is 5.32 Å². The van der Waals surface area contributed by atoms with Crippen LogP contribution in [0.4, 0.5) is 11.4 Å². The average molecular weight is 278 g/mol. The number of rotatable bonds is 5. The molecular weight excluding hydrogens is 264 g/mol. The van der Waals surface area contributed by atoms with Gasteiger partial charge in [-0.05, 0) is 19.9 Å². The summed E-state index contributed by atoms with van der Waals surface area (Å²) in [4.78, 5) is 33.2. The number of nitrogens with one attached hydrogen (secondary N) is 1. The number of allylic oxidation sites excluding steroid dienone is 1. The Morgan fingerprint density at radius 2 is 2.05 bits per heavy atom. The van der Waals surface area contributed by atoms with Crippen molar-refractivity contribution in [3.05, 3.63) is 46.5 Å². The molecule has 1 amide bonds. The van der Waals surface area contributed by atoms with E-state index < -0.39 is 22.9 Å². The molecule has 7 nitrogen and oxygen atoms in total. The minimum absolute atomic E-state index is 0.0523. The van der Waals surface area contributed by atoms with Gasteiger partial charge >= 0.3 is 5.97 Å². The molecule has 0 aromatic heterocycles. The molecule has 0 saturated carbocycles. The minimum atomic E-state index is -1.06. The van der Waals surface area contributed by atoms with Gasteiger partial charge in [-0.25, -0.2) is 4.79 Å². The maximum absolute atomic E-state index is 11.8. The Labute approximate surface area is 115 Å². The first-order valence-corrected chi connectivity index (χ1v) is 5.83. The number of anilines is 1. The van der Waals surface area contributed by atoms with Gasteiger partial charge in [0.15, 0.2) is 6.10 Å². The van der Waals surface area contributed by atoms with Gasteiger partial charge in [0.25, 0.3) is 11.6 Å². The van der Waals surface area contributed by atoms with Crippen LogP contribution in [0.1, 0.15) is 13.8 Å². The minimum Gasteiger partial charge on any atom is -0.449 e. The van der Waals surface area contributed by atoms with E-state index in [9.17, 15) is 19.7 Å². The zero-order valence-electron chi connectivity index (χ0n) is 11.0. The average Bonchev–Trinajstić information content (AvgIpc) is 2.39. The molecule has 0 spiro atoms. The fraction of sp³-hybridized carbons (Fsp3) is 0.231. The van der Waals surface area contributed by atoms with Crippen LogP contribution >= 0.6 is 0 Å². The first-order chi connectivity index (χ1) is 9.45. The van der Waals surface area contributed by atoms with Crippen molar-refractivity contribution >= 4 is 23.3 Å².